The van der Waals surface area contributed by atoms with Crippen molar-refractivity contribution in [3.05, 3.63) is 29.8 Å². The molecule has 0 heterocycles. The minimum absolute atomic E-state index is 0.0370. The summed E-state index contributed by atoms with van der Waals surface area (Å²) in [7, 11) is -0.979. The molecule has 5 heteroatoms. The van der Waals surface area contributed by atoms with Crippen LogP contribution >= 0.6 is 0 Å². The maximum Gasteiger partial charge on any atom is 0.405 e. The monoisotopic (exact) mass is 319 g/mol. The molecule has 1 amide bonds. The molecule has 1 saturated carbocycles. The average Bonchev–Trinajstić information content (AvgIpc) is 2.53. The Morgan fingerprint density at radius 1 is 1.32 bits per heavy atom. The second-order valence-corrected chi connectivity index (χ2v) is 6.95. The van der Waals surface area contributed by atoms with Crippen LogP contribution < -0.4 is 5.73 Å². The normalized spacial score (nSPS) is 16.4. The molecule has 2 rings (SSSR count). The van der Waals surface area contributed by atoms with Gasteiger partial charge in [0.25, 0.3) is 0 Å². The topological polar surface area (TPSA) is 69.4 Å². The van der Waals surface area contributed by atoms with Crippen LogP contribution in [0.3, 0.4) is 0 Å². The summed E-state index contributed by atoms with van der Waals surface area (Å²) in [6.07, 6.45) is 5.37. The smallest absolute Gasteiger partial charge is 0.405 e. The molecule has 22 heavy (non-hydrogen) atoms. The van der Waals surface area contributed by atoms with Gasteiger partial charge in [-0.05, 0) is 37.0 Å². The van der Waals surface area contributed by atoms with Gasteiger partial charge in [-0.2, -0.15) is 0 Å². The number of rotatable bonds is 4. The van der Waals surface area contributed by atoms with E-state index in [1.54, 1.807) is 0 Å². The van der Waals surface area contributed by atoms with Crippen molar-refractivity contribution >= 4 is 16.9 Å². The standard InChI is InChI=1S/C17H21NO3S/c18-17(19)21-11-5-9-14-8-4-10-16(12-14)22(20)13-15-6-2-1-3-7-15/h4,8,10,12,15H,1-3,6-7,11,13H2,(H2,18,19). The SMILES string of the molecule is NC(=O)OCC#Cc1cccc(S(=O)CC2CCCCC2)c1. The van der Waals surface area contributed by atoms with Gasteiger partial charge in [-0.25, -0.2) is 4.79 Å². The van der Waals surface area contributed by atoms with Gasteiger partial charge in [-0.3, -0.25) is 4.21 Å². The molecule has 1 aliphatic rings. The van der Waals surface area contributed by atoms with Gasteiger partial charge in [0.1, 0.15) is 0 Å². The maximum absolute atomic E-state index is 12.5. The summed E-state index contributed by atoms with van der Waals surface area (Å²) < 4.78 is 17.0. The molecular formula is C17H21NO3S. The zero-order valence-corrected chi connectivity index (χ0v) is 13.4. The fourth-order valence-corrected chi connectivity index (χ4v) is 4.07. The predicted octanol–water partition coefficient (Wildman–Crippen LogP) is 2.82. The van der Waals surface area contributed by atoms with Crippen molar-refractivity contribution in [3.8, 4) is 11.8 Å². The number of primary amides is 1. The second kappa shape index (κ2) is 8.60. The van der Waals surface area contributed by atoms with Crippen molar-refractivity contribution in [1.29, 1.82) is 0 Å². The van der Waals surface area contributed by atoms with Crippen LogP contribution in [-0.4, -0.2) is 22.7 Å². The van der Waals surface area contributed by atoms with E-state index < -0.39 is 16.9 Å². The minimum Gasteiger partial charge on any atom is -0.437 e. The van der Waals surface area contributed by atoms with Crippen LogP contribution in [0.4, 0.5) is 4.79 Å². The summed E-state index contributed by atoms with van der Waals surface area (Å²) in [5, 5.41) is 0. The largest absolute Gasteiger partial charge is 0.437 e. The van der Waals surface area contributed by atoms with Crippen LogP contribution in [0.15, 0.2) is 29.2 Å². The number of amides is 1. The van der Waals surface area contributed by atoms with E-state index >= 15 is 0 Å². The van der Waals surface area contributed by atoms with Crippen molar-refractivity contribution in [1.82, 2.24) is 0 Å². The molecule has 0 saturated heterocycles. The maximum atomic E-state index is 12.5. The number of carbonyl (C=O) groups excluding carboxylic acids is 1. The Morgan fingerprint density at radius 2 is 2.09 bits per heavy atom. The van der Waals surface area contributed by atoms with Crippen molar-refractivity contribution in [2.45, 2.75) is 37.0 Å². The molecule has 1 fully saturated rings. The number of hydrogen-bond acceptors (Lipinski definition) is 3. The molecule has 1 aromatic carbocycles. The van der Waals surface area contributed by atoms with E-state index in [9.17, 15) is 9.00 Å². The lowest BCUT2D eigenvalue weighted by Crippen LogP contribution is -2.14. The van der Waals surface area contributed by atoms with E-state index in [0.717, 1.165) is 16.2 Å². The molecule has 0 radical (unpaired) electrons. The summed E-state index contributed by atoms with van der Waals surface area (Å²) in [5.41, 5.74) is 5.62. The van der Waals surface area contributed by atoms with Crippen molar-refractivity contribution in [3.63, 3.8) is 0 Å². The van der Waals surface area contributed by atoms with E-state index in [1.165, 1.54) is 32.1 Å². The third kappa shape index (κ3) is 5.53. The zero-order chi connectivity index (χ0) is 15.8. The van der Waals surface area contributed by atoms with E-state index in [4.69, 9.17) is 5.73 Å². The highest BCUT2D eigenvalue weighted by molar-refractivity contribution is 7.85. The van der Waals surface area contributed by atoms with E-state index in [1.807, 2.05) is 24.3 Å². The first-order valence-corrected chi connectivity index (χ1v) is 8.86. The van der Waals surface area contributed by atoms with Crippen molar-refractivity contribution < 1.29 is 13.7 Å². The highest BCUT2D eigenvalue weighted by Crippen LogP contribution is 2.25. The minimum atomic E-state index is -0.979. The molecule has 4 nitrogen and oxygen atoms in total. The summed E-state index contributed by atoms with van der Waals surface area (Å²) >= 11 is 0. The Bertz CT molecular complexity index is 597. The van der Waals surface area contributed by atoms with E-state index in [-0.39, 0.29) is 6.61 Å². The molecular weight excluding hydrogens is 298 g/mol. The fraction of sp³-hybridized carbons (Fsp3) is 0.471. The molecule has 0 spiro atoms. The molecule has 2 N–H and O–H groups in total. The van der Waals surface area contributed by atoms with Crippen molar-refractivity contribution in [2.24, 2.45) is 11.7 Å². The lowest BCUT2D eigenvalue weighted by molar-refractivity contribution is 0.171. The van der Waals surface area contributed by atoms with Gasteiger partial charge in [0.15, 0.2) is 6.61 Å². The van der Waals surface area contributed by atoms with Crippen LogP contribution in [0, 0.1) is 17.8 Å². The molecule has 1 aromatic rings. The van der Waals surface area contributed by atoms with Gasteiger partial charge in [-0.15, -0.1) is 0 Å². The Hall–Kier alpha value is -1.80. The number of benzene rings is 1. The predicted molar refractivity (Wildman–Crippen MR) is 86.7 cm³/mol. The lowest BCUT2D eigenvalue weighted by atomic mass is 9.91. The first-order chi connectivity index (χ1) is 10.6. The number of ether oxygens (including phenoxy) is 1. The van der Waals surface area contributed by atoms with Crippen LogP contribution in [0.5, 0.6) is 0 Å². The van der Waals surface area contributed by atoms with Gasteiger partial charge >= 0.3 is 6.09 Å². The molecule has 1 atom stereocenters. The van der Waals surface area contributed by atoms with Gasteiger partial charge < -0.3 is 10.5 Å². The average molecular weight is 319 g/mol. The number of hydrogen-bond donors (Lipinski definition) is 1. The lowest BCUT2D eigenvalue weighted by Gasteiger charge is -2.20. The third-order valence-corrected chi connectivity index (χ3v) is 5.28. The van der Waals surface area contributed by atoms with Crippen LogP contribution in [0.25, 0.3) is 0 Å². The fourth-order valence-electron chi connectivity index (χ4n) is 2.62. The summed E-state index contributed by atoms with van der Waals surface area (Å²) in [4.78, 5) is 11.2. The summed E-state index contributed by atoms with van der Waals surface area (Å²) in [5.74, 6) is 6.91. The Kier molecular flexibility index (Phi) is 6.47. The highest BCUT2D eigenvalue weighted by Gasteiger charge is 2.17. The van der Waals surface area contributed by atoms with Crippen LogP contribution in [0.1, 0.15) is 37.7 Å². The van der Waals surface area contributed by atoms with Gasteiger partial charge in [0, 0.05) is 16.2 Å². The third-order valence-electron chi connectivity index (χ3n) is 3.73. The van der Waals surface area contributed by atoms with Gasteiger partial charge in [0.05, 0.1) is 10.8 Å². The van der Waals surface area contributed by atoms with E-state index in [2.05, 4.69) is 16.6 Å². The Labute approximate surface area is 133 Å². The van der Waals surface area contributed by atoms with E-state index in [0.29, 0.717) is 5.92 Å². The zero-order valence-electron chi connectivity index (χ0n) is 12.5. The van der Waals surface area contributed by atoms with Gasteiger partial charge in [-0.1, -0.05) is 37.2 Å². The van der Waals surface area contributed by atoms with Gasteiger partial charge in [0.2, 0.25) is 0 Å². The highest BCUT2D eigenvalue weighted by atomic mass is 32.2. The van der Waals surface area contributed by atoms with Crippen molar-refractivity contribution in [2.75, 3.05) is 12.4 Å². The first kappa shape index (κ1) is 16.6. The Balaban J connectivity index is 1.94. The summed E-state index contributed by atoms with van der Waals surface area (Å²) in [6, 6.07) is 7.42. The van der Waals surface area contributed by atoms with Crippen LogP contribution in [0.2, 0.25) is 0 Å². The number of carbonyl (C=O) groups is 1. The quantitative estimate of drug-likeness (QED) is 0.868. The second-order valence-electron chi connectivity index (χ2n) is 5.45. The Morgan fingerprint density at radius 3 is 2.82 bits per heavy atom. The molecule has 1 aliphatic carbocycles. The molecule has 118 valence electrons. The summed E-state index contributed by atoms with van der Waals surface area (Å²) in [6.45, 7) is -0.0370. The number of nitrogens with two attached hydrogens (primary N) is 1. The van der Waals surface area contributed by atoms with Crippen LogP contribution in [-0.2, 0) is 15.5 Å². The molecule has 0 aliphatic heterocycles. The molecule has 0 bridgehead atoms. The molecule has 1 unspecified atom stereocenters. The first-order valence-electron chi connectivity index (χ1n) is 7.54. The molecule has 0 aromatic heterocycles.